The molecule has 1 aliphatic carbocycles. The minimum Gasteiger partial charge on any atom is -0.349 e. The molecule has 0 saturated heterocycles. The van der Waals surface area contributed by atoms with E-state index < -0.39 is 0 Å². The van der Waals surface area contributed by atoms with Crippen molar-refractivity contribution in [3.63, 3.8) is 0 Å². The molecule has 0 aliphatic heterocycles. The normalized spacial score (nSPS) is 25.3. The molecule has 0 radical (unpaired) electrons. The van der Waals surface area contributed by atoms with E-state index in [0.29, 0.717) is 12.0 Å². The average molecular weight is 229 g/mol. The van der Waals surface area contributed by atoms with Crippen LogP contribution in [0.2, 0.25) is 0 Å². The van der Waals surface area contributed by atoms with Gasteiger partial charge in [-0.1, -0.05) is 0 Å². The van der Waals surface area contributed by atoms with Crippen molar-refractivity contribution < 1.29 is 0 Å². The standard InChI is InChI=1S/C14H19N3/c1-17-9-12(10-4-6-11(15)7-5-10)14-13(17)3-2-8-16-14/h2-3,8-11H,4-7,15H2,1H3. The third-order valence-corrected chi connectivity index (χ3v) is 3.98. The van der Waals surface area contributed by atoms with E-state index in [2.05, 4.69) is 28.9 Å². The van der Waals surface area contributed by atoms with Gasteiger partial charge in [-0.05, 0) is 49.3 Å². The van der Waals surface area contributed by atoms with E-state index in [0.717, 1.165) is 12.8 Å². The summed E-state index contributed by atoms with van der Waals surface area (Å²) in [6, 6.07) is 4.55. The largest absolute Gasteiger partial charge is 0.349 e. The average Bonchev–Trinajstić information content (AvgIpc) is 2.69. The third kappa shape index (κ3) is 1.84. The smallest absolute Gasteiger partial charge is 0.0915 e. The fourth-order valence-corrected chi connectivity index (χ4v) is 2.97. The minimum atomic E-state index is 0.411. The molecule has 2 N–H and O–H groups in total. The lowest BCUT2D eigenvalue weighted by molar-refractivity contribution is 0.396. The number of rotatable bonds is 1. The molecule has 0 bridgehead atoms. The molecule has 0 aromatic carbocycles. The van der Waals surface area contributed by atoms with Gasteiger partial charge >= 0.3 is 0 Å². The molecule has 17 heavy (non-hydrogen) atoms. The van der Waals surface area contributed by atoms with Crippen LogP contribution in [0.5, 0.6) is 0 Å². The molecule has 90 valence electrons. The van der Waals surface area contributed by atoms with Crippen molar-refractivity contribution in [2.75, 3.05) is 0 Å². The number of hydrogen-bond donors (Lipinski definition) is 1. The van der Waals surface area contributed by atoms with Gasteiger partial charge in [0.25, 0.3) is 0 Å². The summed E-state index contributed by atoms with van der Waals surface area (Å²) in [6.07, 6.45) is 8.84. The second-order valence-corrected chi connectivity index (χ2v) is 5.18. The molecule has 0 unspecified atom stereocenters. The molecular weight excluding hydrogens is 210 g/mol. The van der Waals surface area contributed by atoms with Gasteiger partial charge in [0.15, 0.2) is 0 Å². The van der Waals surface area contributed by atoms with E-state index in [-0.39, 0.29) is 0 Å². The van der Waals surface area contributed by atoms with Gasteiger partial charge in [-0.2, -0.15) is 0 Å². The number of fused-ring (bicyclic) bond motifs is 1. The molecule has 0 atom stereocenters. The van der Waals surface area contributed by atoms with Gasteiger partial charge in [0.2, 0.25) is 0 Å². The van der Waals surface area contributed by atoms with Crippen LogP contribution in [-0.4, -0.2) is 15.6 Å². The van der Waals surface area contributed by atoms with E-state index in [1.165, 1.54) is 29.4 Å². The van der Waals surface area contributed by atoms with E-state index in [9.17, 15) is 0 Å². The van der Waals surface area contributed by atoms with E-state index >= 15 is 0 Å². The Morgan fingerprint density at radius 2 is 2.06 bits per heavy atom. The molecule has 1 fully saturated rings. The number of aryl methyl sites for hydroxylation is 1. The van der Waals surface area contributed by atoms with Crippen LogP contribution in [0.25, 0.3) is 11.0 Å². The molecule has 3 rings (SSSR count). The second kappa shape index (κ2) is 4.15. The number of nitrogens with two attached hydrogens (primary N) is 1. The predicted molar refractivity (Wildman–Crippen MR) is 69.9 cm³/mol. The van der Waals surface area contributed by atoms with Gasteiger partial charge in [-0.15, -0.1) is 0 Å². The summed E-state index contributed by atoms with van der Waals surface area (Å²) in [5, 5.41) is 0. The van der Waals surface area contributed by atoms with Gasteiger partial charge < -0.3 is 10.3 Å². The highest BCUT2D eigenvalue weighted by molar-refractivity contribution is 5.80. The summed E-state index contributed by atoms with van der Waals surface area (Å²) in [5.41, 5.74) is 9.79. The fourth-order valence-electron chi connectivity index (χ4n) is 2.97. The zero-order chi connectivity index (χ0) is 11.8. The van der Waals surface area contributed by atoms with Crippen molar-refractivity contribution in [1.82, 2.24) is 9.55 Å². The molecule has 2 aromatic rings. The number of hydrogen-bond acceptors (Lipinski definition) is 2. The molecule has 0 amide bonds. The highest BCUT2D eigenvalue weighted by Crippen LogP contribution is 2.35. The summed E-state index contributed by atoms with van der Waals surface area (Å²) < 4.78 is 2.19. The van der Waals surface area contributed by atoms with Crippen LogP contribution < -0.4 is 5.73 Å². The molecule has 3 heteroatoms. The van der Waals surface area contributed by atoms with Crippen molar-refractivity contribution in [3.8, 4) is 0 Å². The second-order valence-electron chi connectivity index (χ2n) is 5.18. The summed E-state index contributed by atoms with van der Waals surface area (Å²) in [7, 11) is 2.10. The van der Waals surface area contributed by atoms with Gasteiger partial charge in [0, 0.05) is 25.5 Å². The van der Waals surface area contributed by atoms with Crippen molar-refractivity contribution in [2.24, 2.45) is 12.8 Å². The molecule has 2 aromatic heterocycles. The Labute approximate surface area is 102 Å². The van der Waals surface area contributed by atoms with Gasteiger partial charge in [-0.3, -0.25) is 4.98 Å². The monoisotopic (exact) mass is 229 g/mol. The Bertz CT molecular complexity index is 521. The van der Waals surface area contributed by atoms with Crippen LogP contribution in [0.1, 0.15) is 37.2 Å². The van der Waals surface area contributed by atoms with Crippen molar-refractivity contribution >= 4 is 11.0 Å². The summed E-state index contributed by atoms with van der Waals surface area (Å²) in [6.45, 7) is 0. The molecule has 3 nitrogen and oxygen atoms in total. The quantitative estimate of drug-likeness (QED) is 0.816. The SMILES string of the molecule is Cn1cc(C2CCC(N)CC2)c2ncccc21. The van der Waals surface area contributed by atoms with Crippen molar-refractivity contribution in [3.05, 3.63) is 30.1 Å². The van der Waals surface area contributed by atoms with Crippen molar-refractivity contribution in [1.29, 1.82) is 0 Å². The summed E-state index contributed by atoms with van der Waals surface area (Å²) in [5.74, 6) is 0.647. The fraction of sp³-hybridized carbons (Fsp3) is 0.500. The first-order valence-corrected chi connectivity index (χ1v) is 6.41. The predicted octanol–water partition coefficient (Wildman–Crippen LogP) is 2.56. The first-order chi connectivity index (χ1) is 8.25. The van der Waals surface area contributed by atoms with Gasteiger partial charge in [-0.25, -0.2) is 0 Å². The van der Waals surface area contributed by atoms with Crippen LogP contribution in [0.3, 0.4) is 0 Å². The zero-order valence-electron chi connectivity index (χ0n) is 10.3. The van der Waals surface area contributed by atoms with Crippen LogP contribution >= 0.6 is 0 Å². The van der Waals surface area contributed by atoms with E-state index in [1.807, 2.05) is 12.3 Å². The zero-order valence-corrected chi connectivity index (χ0v) is 10.3. The minimum absolute atomic E-state index is 0.411. The Morgan fingerprint density at radius 3 is 2.82 bits per heavy atom. The van der Waals surface area contributed by atoms with Crippen molar-refractivity contribution in [2.45, 2.75) is 37.6 Å². The van der Waals surface area contributed by atoms with Crippen LogP contribution in [-0.2, 0) is 7.05 Å². The van der Waals surface area contributed by atoms with Gasteiger partial charge in [0.1, 0.15) is 0 Å². The third-order valence-electron chi connectivity index (χ3n) is 3.98. The molecule has 1 aliphatic rings. The summed E-state index contributed by atoms with van der Waals surface area (Å²) >= 11 is 0. The van der Waals surface area contributed by atoms with E-state index in [1.54, 1.807) is 0 Å². The maximum Gasteiger partial charge on any atom is 0.0915 e. The highest BCUT2D eigenvalue weighted by atomic mass is 14.9. The van der Waals surface area contributed by atoms with E-state index in [4.69, 9.17) is 5.73 Å². The maximum absolute atomic E-state index is 5.97. The van der Waals surface area contributed by atoms with Crippen LogP contribution in [0.4, 0.5) is 0 Å². The molecule has 2 heterocycles. The lowest BCUT2D eigenvalue weighted by atomic mass is 9.82. The maximum atomic E-state index is 5.97. The number of aromatic nitrogens is 2. The van der Waals surface area contributed by atoms with Crippen LogP contribution in [0, 0.1) is 0 Å². The van der Waals surface area contributed by atoms with Crippen LogP contribution in [0.15, 0.2) is 24.5 Å². The summed E-state index contributed by atoms with van der Waals surface area (Å²) in [4.78, 5) is 4.54. The Hall–Kier alpha value is -1.35. The first kappa shape index (κ1) is 10.8. The molecular formula is C14H19N3. The Morgan fingerprint density at radius 1 is 1.29 bits per heavy atom. The number of nitrogens with zero attached hydrogens (tertiary/aromatic N) is 2. The highest BCUT2D eigenvalue weighted by Gasteiger charge is 2.23. The topological polar surface area (TPSA) is 43.8 Å². The Balaban J connectivity index is 2.00. The lowest BCUT2D eigenvalue weighted by Crippen LogP contribution is -2.25. The molecule has 1 saturated carbocycles. The lowest BCUT2D eigenvalue weighted by Gasteiger charge is -2.25. The first-order valence-electron chi connectivity index (χ1n) is 6.41. The Kier molecular flexibility index (Phi) is 2.63. The molecule has 0 spiro atoms. The number of pyridine rings is 1. The van der Waals surface area contributed by atoms with Gasteiger partial charge in [0.05, 0.1) is 11.0 Å².